The Bertz CT molecular complexity index is 268. The van der Waals surface area contributed by atoms with E-state index in [0.717, 1.165) is 0 Å². The summed E-state index contributed by atoms with van der Waals surface area (Å²) in [5, 5.41) is 0. The number of alkyl halides is 3. The molecule has 0 spiro atoms. The fourth-order valence-corrected chi connectivity index (χ4v) is 1.63. The van der Waals surface area contributed by atoms with Crippen LogP contribution < -0.4 is 4.72 Å². The van der Waals surface area contributed by atoms with Crippen LogP contribution in [0.4, 0.5) is 13.2 Å². The molecule has 0 rings (SSSR count). The second kappa shape index (κ2) is 4.65. The Kier molecular flexibility index (Phi) is 4.54. The van der Waals surface area contributed by atoms with Crippen LogP contribution in [0, 0.1) is 0 Å². The molecule has 90 valence electrons. The molecule has 1 N–H and O–H groups in total. The first kappa shape index (κ1) is 14.6. The van der Waals surface area contributed by atoms with Crippen molar-refractivity contribution in [3.05, 3.63) is 12.2 Å². The molecule has 0 amide bonds. The SMILES string of the molecule is C=C(C)[C@@H](N[S@](=O)C(C)(C)C)C(F)(F)F. The highest BCUT2D eigenvalue weighted by molar-refractivity contribution is 7.84. The highest BCUT2D eigenvalue weighted by atomic mass is 32.2. The Hall–Kier alpha value is -0.360. The summed E-state index contributed by atoms with van der Waals surface area (Å²) in [4.78, 5) is 0. The Labute approximate surface area is 90.5 Å². The average molecular weight is 243 g/mol. The first-order chi connectivity index (χ1) is 6.46. The minimum Gasteiger partial charge on any atom is -0.242 e. The molecule has 0 aromatic carbocycles. The van der Waals surface area contributed by atoms with Gasteiger partial charge >= 0.3 is 6.18 Å². The second-order valence-electron chi connectivity index (χ2n) is 4.32. The Morgan fingerprint density at radius 3 is 1.93 bits per heavy atom. The lowest BCUT2D eigenvalue weighted by Gasteiger charge is -2.26. The Morgan fingerprint density at radius 2 is 1.73 bits per heavy atom. The number of hydrogen-bond donors (Lipinski definition) is 1. The molecule has 0 saturated heterocycles. The van der Waals surface area contributed by atoms with E-state index in [-0.39, 0.29) is 5.57 Å². The van der Waals surface area contributed by atoms with Gasteiger partial charge in [0.05, 0.1) is 15.7 Å². The van der Waals surface area contributed by atoms with Gasteiger partial charge in [-0.1, -0.05) is 12.2 Å². The molecule has 15 heavy (non-hydrogen) atoms. The van der Waals surface area contributed by atoms with E-state index >= 15 is 0 Å². The first-order valence-electron chi connectivity index (χ1n) is 4.36. The lowest BCUT2D eigenvalue weighted by atomic mass is 10.1. The summed E-state index contributed by atoms with van der Waals surface area (Å²) in [6.45, 7) is 9.29. The molecule has 0 fully saturated rings. The van der Waals surface area contributed by atoms with Gasteiger partial charge in [0, 0.05) is 0 Å². The summed E-state index contributed by atoms with van der Waals surface area (Å²) in [5.74, 6) is 0. The van der Waals surface area contributed by atoms with E-state index in [9.17, 15) is 17.4 Å². The van der Waals surface area contributed by atoms with Crippen molar-refractivity contribution in [3.8, 4) is 0 Å². The van der Waals surface area contributed by atoms with Crippen LogP contribution in [0.25, 0.3) is 0 Å². The lowest BCUT2D eigenvalue weighted by Crippen LogP contribution is -2.47. The van der Waals surface area contributed by atoms with Crippen LogP contribution in [0.3, 0.4) is 0 Å². The van der Waals surface area contributed by atoms with E-state index in [1.165, 1.54) is 6.92 Å². The van der Waals surface area contributed by atoms with Gasteiger partial charge in [-0.2, -0.15) is 13.2 Å². The lowest BCUT2D eigenvalue weighted by molar-refractivity contribution is -0.142. The van der Waals surface area contributed by atoms with Gasteiger partial charge in [0.2, 0.25) is 0 Å². The molecule has 0 aromatic heterocycles. The van der Waals surface area contributed by atoms with Crippen molar-refractivity contribution in [1.29, 1.82) is 0 Å². The molecule has 2 nitrogen and oxygen atoms in total. The molecular weight excluding hydrogens is 227 g/mol. The normalized spacial score (nSPS) is 17.3. The van der Waals surface area contributed by atoms with E-state index in [4.69, 9.17) is 0 Å². The summed E-state index contributed by atoms with van der Waals surface area (Å²) in [6.07, 6.45) is -4.47. The molecule has 0 unspecified atom stereocenters. The Morgan fingerprint density at radius 1 is 1.33 bits per heavy atom. The predicted molar refractivity (Wildman–Crippen MR) is 55.7 cm³/mol. The van der Waals surface area contributed by atoms with Crippen LogP contribution in [0.5, 0.6) is 0 Å². The molecule has 6 heteroatoms. The molecule has 0 bridgehead atoms. The number of rotatable bonds is 3. The zero-order valence-corrected chi connectivity index (χ0v) is 10.1. The van der Waals surface area contributed by atoms with Crippen LogP contribution in [0.15, 0.2) is 12.2 Å². The van der Waals surface area contributed by atoms with E-state index in [1.54, 1.807) is 20.8 Å². The summed E-state index contributed by atoms with van der Waals surface area (Å²) in [5.41, 5.74) is -0.0971. The van der Waals surface area contributed by atoms with Crippen LogP contribution in [0.2, 0.25) is 0 Å². The van der Waals surface area contributed by atoms with Crippen molar-refractivity contribution < 1.29 is 17.4 Å². The molecule has 0 aliphatic carbocycles. The van der Waals surface area contributed by atoms with Crippen LogP contribution in [-0.4, -0.2) is 21.2 Å². The molecule has 0 aromatic rings. The van der Waals surface area contributed by atoms with E-state index in [0.29, 0.717) is 0 Å². The largest absolute Gasteiger partial charge is 0.408 e. The van der Waals surface area contributed by atoms with Gasteiger partial charge in [0.1, 0.15) is 6.04 Å². The van der Waals surface area contributed by atoms with Gasteiger partial charge in [-0.05, 0) is 27.7 Å². The molecule has 0 aliphatic heterocycles. The zero-order valence-electron chi connectivity index (χ0n) is 9.23. The number of nitrogens with one attached hydrogen (secondary N) is 1. The van der Waals surface area contributed by atoms with Gasteiger partial charge < -0.3 is 0 Å². The quantitative estimate of drug-likeness (QED) is 0.758. The fourth-order valence-electron chi connectivity index (χ4n) is 0.731. The standard InChI is InChI=1S/C9H16F3NOS/c1-6(2)7(9(10,11)12)13-15(14)8(3,4)5/h7,13H,1H2,2-5H3/t7-,15-/m1/s1. The first-order valence-corrected chi connectivity index (χ1v) is 5.51. The topological polar surface area (TPSA) is 29.1 Å². The third-order valence-electron chi connectivity index (χ3n) is 1.60. The summed E-state index contributed by atoms with van der Waals surface area (Å²) < 4.78 is 50.2. The maximum Gasteiger partial charge on any atom is 0.408 e. The zero-order chi connectivity index (χ0) is 12.4. The smallest absolute Gasteiger partial charge is 0.242 e. The number of halogens is 3. The maximum atomic E-state index is 12.5. The molecule has 2 atom stereocenters. The van der Waals surface area contributed by atoms with Crippen molar-refractivity contribution in [1.82, 2.24) is 4.72 Å². The molecule has 0 radical (unpaired) electrons. The number of hydrogen-bond acceptors (Lipinski definition) is 1. The van der Waals surface area contributed by atoms with Crippen molar-refractivity contribution >= 4 is 11.0 Å². The fraction of sp³-hybridized carbons (Fsp3) is 0.778. The van der Waals surface area contributed by atoms with E-state index < -0.39 is 28.0 Å². The summed E-state index contributed by atoms with van der Waals surface area (Å²) in [6, 6.07) is -1.92. The predicted octanol–water partition coefficient (Wildman–Crippen LogP) is 2.55. The molecule has 0 saturated carbocycles. The van der Waals surface area contributed by atoms with Gasteiger partial charge in [-0.15, -0.1) is 0 Å². The monoisotopic (exact) mass is 243 g/mol. The maximum absolute atomic E-state index is 12.5. The highest BCUT2D eigenvalue weighted by Gasteiger charge is 2.42. The minimum absolute atomic E-state index is 0.0971. The van der Waals surface area contributed by atoms with Gasteiger partial charge in [-0.25, -0.2) is 8.93 Å². The van der Waals surface area contributed by atoms with E-state index in [2.05, 4.69) is 6.58 Å². The van der Waals surface area contributed by atoms with Gasteiger partial charge in [0.15, 0.2) is 0 Å². The Balaban J connectivity index is 4.74. The highest BCUT2D eigenvalue weighted by Crippen LogP contribution is 2.26. The van der Waals surface area contributed by atoms with Crippen molar-refractivity contribution in [2.24, 2.45) is 0 Å². The van der Waals surface area contributed by atoms with Crippen LogP contribution >= 0.6 is 0 Å². The van der Waals surface area contributed by atoms with Crippen LogP contribution in [-0.2, 0) is 11.0 Å². The van der Waals surface area contributed by atoms with E-state index in [1.807, 2.05) is 4.72 Å². The minimum atomic E-state index is -4.47. The van der Waals surface area contributed by atoms with Gasteiger partial charge in [0.25, 0.3) is 0 Å². The molecule has 0 aliphatic rings. The second-order valence-corrected chi connectivity index (χ2v) is 6.32. The third kappa shape index (κ3) is 4.79. The molecule has 0 heterocycles. The van der Waals surface area contributed by atoms with Crippen molar-refractivity contribution in [3.63, 3.8) is 0 Å². The van der Waals surface area contributed by atoms with Gasteiger partial charge in [-0.3, -0.25) is 0 Å². The third-order valence-corrected chi connectivity index (χ3v) is 3.16. The summed E-state index contributed by atoms with van der Waals surface area (Å²) >= 11 is 0. The summed E-state index contributed by atoms with van der Waals surface area (Å²) in [7, 11) is -1.77. The van der Waals surface area contributed by atoms with Crippen molar-refractivity contribution in [2.45, 2.75) is 44.7 Å². The molecular formula is C9H16F3NOS. The van der Waals surface area contributed by atoms with Crippen LogP contribution in [0.1, 0.15) is 27.7 Å². The van der Waals surface area contributed by atoms with Crippen molar-refractivity contribution in [2.75, 3.05) is 0 Å². The average Bonchev–Trinajstić information content (AvgIpc) is 1.94.